The Morgan fingerprint density at radius 2 is 0.620 bits per heavy atom. The Bertz CT molecular complexity index is 2130. The SMILES string of the molecule is Cc1cc2ccccc2c(-c2c(CP(c3ccccc3)c3ccccc3)c(C)cc3ccccc23)c1CP(c1ccccc1)c1ccccc1. The maximum Gasteiger partial charge on any atom is 0.00164 e. The molecule has 0 spiro atoms. The normalized spacial score (nSPS) is 11.5. The van der Waals surface area contributed by atoms with Gasteiger partial charge >= 0.3 is 0 Å². The summed E-state index contributed by atoms with van der Waals surface area (Å²) in [5.74, 6) is 0. The van der Waals surface area contributed by atoms with Gasteiger partial charge in [0.05, 0.1) is 0 Å². The first-order valence-corrected chi connectivity index (χ1v) is 20.5. The van der Waals surface area contributed by atoms with E-state index in [-0.39, 0.29) is 0 Å². The highest BCUT2D eigenvalue weighted by molar-refractivity contribution is 7.72. The second-order valence-electron chi connectivity index (χ2n) is 13.1. The fourth-order valence-electron chi connectivity index (χ4n) is 7.45. The highest BCUT2D eigenvalue weighted by Gasteiger charge is 2.26. The van der Waals surface area contributed by atoms with Gasteiger partial charge in [-0.1, -0.05) is 182 Å². The molecule has 0 atom stereocenters. The minimum absolute atomic E-state index is 0.651. The van der Waals surface area contributed by atoms with Crippen molar-refractivity contribution in [3.63, 3.8) is 0 Å². The van der Waals surface area contributed by atoms with Crippen molar-refractivity contribution >= 4 is 58.6 Å². The zero-order chi connectivity index (χ0) is 33.9. The minimum Gasteiger partial charge on any atom is -0.0622 e. The van der Waals surface area contributed by atoms with Crippen LogP contribution in [0, 0.1) is 13.8 Å². The number of fused-ring (bicyclic) bond motifs is 2. The van der Waals surface area contributed by atoms with Crippen molar-refractivity contribution < 1.29 is 0 Å². The fraction of sp³-hybridized carbons (Fsp3) is 0.0833. The summed E-state index contributed by atoms with van der Waals surface area (Å²) in [5, 5.41) is 10.9. The van der Waals surface area contributed by atoms with Crippen LogP contribution in [-0.2, 0) is 12.3 Å². The predicted molar refractivity (Wildman–Crippen MR) is 222 cm³/mol. The average Bonchev–Trinajstić information content (AvgIpc) is 3.17. The molecule has 0 saturated heterocycles. The molecule has 0 amide bonds. The van der Waals surface area contributed by atoms with Gasteiger partial charge in [-0.05, 0) is 106 Å². The minimum atomic E-state index is -0.651. The van der Waals surface area contributed by atoms with Crippen LogP contribution in [0.25, 0.3) is 32.7 Å². The summed E-state index contributed by atoms with van der Waals surface area (Å²) in [6, 6.07) is 67.7. The summed E-state index contributed by atoms with van der Waals surface area (Å²) in [5.41, 5.74) is 8.47. The second kappa shape index (κ2) is 14.5. The third-order valence-corrected chi connectivity index (χ3v) is 14.9. The first-order chi connectivity index (χ1) is 24.7. The molecule has 0 radical (unpaired) electrons. The molecule has 0 fully saturated rings. The molecule has 0 aliphatic carbocycles. The highest BCUT2D eigenvalue weighted by atomic mass is 31.1. The summed E-state index contributed by atoms with van der Waals surface area (Å²) in [4.78, 5) is 0. The lowest BCUT2D eigenvalue weighted by atomic mass is 9.84. The fourth-order valence-corrected chi connectivity index (χ4v) is 12.4. The largest absolute Gasteiger partial charge is 0.0622 e. The summed E-state index contributed by atoms with van der Waals surface area (Å²) in [7, 11) is -1.30. The molecule has 0 aromatic heterocycles. The molecule has 0 saturated carbocycles. The van der Waals surface area contributed by atoms with Gasteiger partial charge in [-0.25, -0.2) is 0 Å². The first-order valence-electron chi connectivity index (χ1n) is 17.4. The smallest absolute Gasteiger partial charge is 0.00164 e. The third-order valence-electron chi connectivity index (χ3n) is 9.91. The lowest BCUT2D eigenvalue weighted by Gasteiger charge is -2.27. The lowest BCUT2D eigenvalue weighted by molar-refractivity contribution is 1.29. The lowest BCUT2D eigenvalue weighted by Crippen LogP contribution is -2.15. The highest BCUT2D eigenvalue weighted by Crippen LogP contribution is 2.49. The van der Waals surface area contributed by atoms with Crippen molar-refractivity contribution in [1.29, 1.82) is 0 Å². The van der Waals surface area contributed by atoms with Crippen LogP contribution in [-0.4, -0.2) is 0 Å². The molecule has 0 nitrogen and oxygen atoms in total. The molecule has 8 rings (SSSR count). The van der Waals surface area contributed by atoms with Crippen LogP contribution in [0.4, 0.5) is 0 Å². The Labute approximate surface area is 299 Å². The Morgan fingerprint density at radius 3 is 0.940 bits per heavy atom. The van der Waals surface area contributed by atoms with Gasteiger partial charge in [-0.15, -0.1) is 0 Å². The summed E-state index contributed by atoms with van der Waals surface area (Å²) < 4.78 is 0. The van der Waals surface area contributed by atoms with Crippen LogP contribution in [0.3, 0.4) is 0 Å². The van der Waals surface area contributed by atoms with Crippen LogP contribution >= 0.6 is 15.8 Å². The van der Waals surface area contributed by atoms with Crippen LogP contribution < -0.4 is 21.2 Å². The molecule has 0 N–H and O–H groups in total. The van der Waals surface area contributed by atoms with Gasteiger partial charge in [0.25, 0.3) is 0 Å². The van der Waals surface area contributed by atoms with E-state index in [2.05, 4.69) is 196 Å². The molecule has 8 aromatic carbocycles. The van der Waals surface area contributed by atoms with Gasteiger partial charge in [-0.2, -0.15) is 0 Å². The average molecular weight is 679 g/mol. The molecule has 50 heavy (non-hydrogen) atoms. The van der Waals surface area contributed by atoms with Gasteiger partial charge in [-0.3, -0.25) is 0 Å². The Balaban J connectivity index is 1.42. The van der Waals surface area contributed by atoms with E-state index < -0.39 is 15.8 Å². The van der Waals surface area contributed by atoms with Gasteiger partial charge in [0.1, 0.15) is 0 Å². The van der Waals surface area contributed by atoms with Crippen molar-refractivity contribution in [2.75, 3.05) is 0 Å². The number of aryl methyl sites for hydroxylation is 2. The van der Waals surface area contributed by atoms with E-state index in [1.165, 1.54) is 76.1 Å². The van der Waals surface area contributed by atoms with Crippen LogP contribution in [0.15, 0.2) is 182 Å². The topological polar surface area (TPSA) is 0 Å². The third kappa shape index (κ3) is 6.43. The van der Waals surface area contributed by atoms with Crippen LogP contribution in [0.1, 0.15) is 22.3 Å². The van der Waals surface area contributed by atoms with Gasteiger partial charge in [0, 0.05) is 12.3 Å². The van der Waals surface area contributed by atoms with Crippen molar-refractivity contribution in [3.8, 4) is 11.1 Å². The number of benzene rings is 8. The van der Waals surface area contributed by atoms with E-state index >= 15 is 0 Å². The molecule has 2 heteroatoms. The second-order valence-corrected chi connectivity index (χ2v) is 17.5. The molecular weight excluding hydrogens is 638 g/mol. The van der Waals surface area contributed by atoms with Crippen molar-refractivity contribution in [1.82, 2.24) is 0 Å². The van der Waals surface area contributed by atoms with Gasteiger partial charge < -0.3 is 0 Å². The molecular formula is C48H40P2. The van der Waals surface area contributed by atoms with E-state index in [1.54, 1.807) is 0 Å². The van der Waals surface area contributed by atoms with E-state index in [1.807, 2.05) is 0 Å². The van der Waals surface area contributed by atoms with Gasteiger partial charge in [0.15, 0.2) is 0 Å². The zero-order valence-electron chi connectivity index (χ0n) is 28.6. The zero-order valence-corrected chi connectivity index (χ0v) is 30.4. The summed E-state index contributed by atoms with van der Waals surface area (Å²) in [6.07, 6.45) is 1.95. The van der Waals surface area contributed by atoms with Crippen LogP contribution in [0.2, 0.25) is 0 Å². The van der Waals surface area contributed by atoms with Crippen molar-refractivity contribution in [2.45, 2.75) is 26.2 Å². The van der Waals surface area contributed by atoms with E-state index in [0.29, 0.717) is 0 Å². The standard InChI is InChI=1S/C48H40P2/c1-35-31-37-19-15-17-29-43(37)47(45(35)33-49(39-21-7-3-8-22-39)40-23-9-4-10-24-40)48-44-30-18-16-20-38(44)32-36(2)46(48)34-50(41-25-11-5-12-26-41)42-27-13-6-14-28-42/h3-32H,33-34H2,1-2H3. The molecule has 0 aliphatic rings. The van der Waals surface area contributed by atoms with Crippen molar-refractivity contribution in [2.24, 2.45) is 0 Å². The Hall–Kier alpha value is -4.86. The molecule has 242 valence electrons. The molecule has 0 bridgehead atoms. The van der Waals surface area contributed by atoms with Crippen LogP contribution in [0.5, 0.6) is 0 Å². The van der Waals surface area contributed by atoms with E-state index in [4.69, 9.17) is 0 Å². The van der Waals surface area contributed by atoms with E-state index in [0.717, 1.165) is 12.3 Å². The monoisotopic (exact) mass is 678 g/mol. The molecule has 0 heterocycles. The predicted octanol–water partition coefficient (Wildman–Crippen LogP) is 11.5. The molecule has 0 aliphatic heterocycles. The molecule has 8 aromatic rings. The molecule has 0 unspecified atom stereocenters. The number of rotatable bonds is 9. The first kappa shape index (κ1) is 32.4. The van der Waals surface area contributed by atoms with E-state index in [9.17, 15) is 0 Å². The maximum atomic E-state index is 2.43. The summed E-state index contributed by atoms with van der Waals surface area (Å²) >= 11 is 0. The summed E-state index contributed by atoms with van der Waals surface area (Å²) in [6.45, 7) is 4.68. The quantitative estimate of drug-likeness (QED) is 0.133. The number of hydrogen-bond donors (Lipinski definition) is 0. The Morgan fingerprint density at radius 1 is 0.340 bits per heavy atom. The number of hydrogen-bond acceptors (Lipinski definition) is 0. The van der Waals surface area contributed by atoms with Crippen molar-refractivity contribution in [3.05, 3.63) is 204 Å². The Kier molecular flexibility index (Phi) is 9.41. The van der Waals surface area contributed by atoms with Gasteiger partial charge in [0.2, 0.25) is 0 Å². The maximum absolute atomic E-state index is 2.43.